The standard InChI is InChI=1S/C26H31F9O2.C10H20S2.C3H7O.U.W/c1-15-4-6-17-16(14-15)5-7-19-18(17)10-11-22(2)20(19)8-9-21(22)36-12-3-13-37-23(24(27,28)29,25(30,31)32)26(33,34)35;1-7-8-10(5,6)12-11-9(2,3)4;1-3-4-2;;/h4,6,14,18-21H,3,5,7-13H2,1-2H3;1-2,7-8H2,3-6H3;1,3H2,2H3;;/q;-2;-1;+2;. The van der Waals surface area contributed by atoms with Crippen molar-refractivity contribution in [3.8, 4) is 0 Å². The molecule has 3 nitrogen and oxygen atoms in total. The second-order valence-electron chi connectivity index (χ2n) is 15.8. The first-order chi connectivity index (χ1) is 24.2. The van der Waals surface area contributed by atoms with Gasteiger partial charge in [-0.05, 0) is 100 Å². The van der Waals surface area contributed by atoms with Crippen molar-refractivity contribution >= 4 is 21.6 Å². The molecule has 3 aliphatic rings. The van der Waals surface area contributed by atoms with E-state index in [-0.39, 0.29) is 75.1 Å². The van der Waals surface area contributed by atoms with Crippen molar-refractivity contribution in [2.45, 2.75) is 145 Å². The maximum Gasteiger partial charge on any atom is 2.00 e. The van der Waals surface area contributed by atoms with Crippen LogP contribution in [0.5, 0.6) is 0 Å². The molecule has 16 heteroatoms. The molecule has 2 fully saturated rings. The number of benzene rings is 1. The molecule has 0 saturated heterocycles. The van der Waals surface area contributed by atoms with E-state index < -0.39 is 37.2 Å². The van der Waals surface area contributed by atoms with Gasteiger partial charge in [0.25, 0.3) is 0 Å². The number of halogens is 9. The molecule has 5 atom stereocenters. The van der Waals surface area contributed by atoms with Gasteiger partial charge in [-0.15, -0.1) is 15.5 Å². The molecule has 0 heterocycles. The molecule has 0 radical (unpaired) electrons. The second-order valence-corrected chi connectivity index (χ2v) is 19.3. The van der Waals surface area contributed by atoms with Crippen LogP contribution < -0.4 is 0 Å². The molecule has 1 aromatic carbocycles. The molecule has 0 aromatic heterocycles. The van der Waals surface area contributed by atoms with Crippen molar-refractivity contribution in [1.29, 1.82) is 0 Å². The summed E-state index contributed by atoms with van der Waals surface area (Å²) >= 11 is 0. The van der Waals surface area contributed by atoms with Crippen LogP contribution in [0.3, 0.4) is 0 Å². The van der Waals surface area contributed by atoms with E-state index in [0.717, 1.165) is 38.5 Å². The van der Waals surface area contributed by atoms with E-state index >= 15 is 0 Å². The number of hydrogen-bond donors (Lipinski definition) is 0. The van der Waals surface area contributed by atoms with E-state index in [1.165, 1.54) is 23.1 Å². The summed E-state index contributed by atoms with van der Waals surface area (Å²) in [6.45, 7) is 23.2. The Morgan fingerprint density at radius 3 is 1.91 bits per heavy atom. The van der Waals surface area contributed by atoms with E-state index in [4.69, 9.17) is 4.74 Å². The smallest absolute Gasteiger partial charge is 0.417 e. The van der Waals surface area contributed by atoms with Gasteiger partial charge in [0.1, 0.15) is 0 Å². The summed E-state index contributed by atoms with van der Waals surface area (Å²) in [5, 5.41) is 0. The predicted molar refractivity (Wildman–Crippen MR) is 198 cm³/mol. The summed E-state index contributed by atoms with van der Waals surface area (Å²) in [6.07, 6.45) is -13.3. The second kappa shape index (κ2) is 22.7. The summed E-state index contributed by atoms with van der Waals surface area (Å²) < 4.78 is 131. The fraction of sp³-hybridized carbons (Fsp3) is 0.769. The van der Waals surface area contributed by atoms with Crippen LogP contribution in [0.2, 0.25) is 0 Å². The first kappa shape index (κ1) is 55.9. The Kier molecular flexibility index (Phi) is 23.0. The summed E-state index contributed by atoms with van der Waals surface area (Å²) in [5.74, 6) is 1.29. The molecule has 3 aliphatic carbocycles. The van der Waals surface area contributed by atoms with Crippen LogP contribution in [0.25, 0.3) is 0 Å². The zero-order valence-electron chi connectivity index (χ0n) is 33.0. The van der Waals surface area contributed by atoms with Crippen LogP contribution >= 0.6 is 21.6 Å². The molecule has 0 aliphatic heterocycles. The average Bonchev–Trinajstić information content (AvgIpc) is 3.35. The maximum atomic E-state index is 13.0. The Bertz CT molecular complexity index is 1240. The van der Waals surface area contributed by atoms with Crippen LogP contribution in [-0.2, 0) is 41.7 Å². The van der Waals surface area contributed by atoms with Crippen molar-refractivity contribution in [3.05, 3.63) is 55.7 Å². The van der Waals surface area contributed by atoms with Gasteiger partial charge in [0, 0.05) is 39.5 Å². The van der Waals surface area contributed by atoms with Gasteiger partial charge in [-0.2, -0.15) is 45.9 Å². The number of fused-ring (bicyclic) bond motifs is 5. The quantitative estimate of drug-likeness (QED) is 0.0900. The number of rotatable bonds is 12. The number of aryl methyl sites for hydroxylation is 2. The van der Waals surface area contributed by atoms with Gasteiger partial charge in [0.15, 0.2) is 0 Å². The van der Waals surface area contributed by atoms with Crippen molar-refractivity contribution in [1.82, 2.24) is 0 Å². The molecule has 5 unspecified atom stereocenters. The zero-order valence-corrected chi connectivity index (χ0v) is 41.7. The van der Waals surface area contributed by atoms with E-state index in [1.54, 1.807) is 7.11 Å². The third kappa shape index (κ3) is 14.8. The molecule has 0 bridgehead atoms. The van der Waals surface area contributed by atoms with Crippen LogP contribution in [0, 0.1) is 76.1 Å². The Balaban J connectivity index is 0.00000137. The van der Waals surface area contributed by atoms with Crippen molar-refractivity contribution in [2.75, 3.05) is 26.9 Å². The van der Waals surface area contributed by atoms with E-state index in [2.05, 4.69) is 90.0 Å². The fourth-order valence-corrected chi connectivity index (χ4v) is 10.1. The zero-order chi connectivity index (χ0) is 40.7. The van der Waals surface area contributed by atoms with Crippen LogP contribution in [0.4, 0.5) is 39.5 Å². The topological polar surface area (TPSA) is 27.7 Å². The van der Waals surface area contributed by atoms with Crippen molar-refractivity contribution in [3.63, 3.8) is 0 Å². The molecular formula is C39H58F9O3S2UW-. The Morgan fingerprint density at radius 2 is 1.42 bits per heavy atom. The third-order valence-electron chi connectivity index (χ3n) is 10.4. The summed E-state index contributed by atoms with van der Waals surface area (Å²) in [7, 11) is 5.40. The number of hydrogen-bond acceptors (Lipinski definition) is 5. The van der Waals surface area contributed by atoms with Gasteiger partial charge in [-0.1, -0.05) is 68.4 Å². The number of methoxy groups -OCH3 is 1. The van der Waals surface area contributed by atoms with E-state index in [0.29, 0.717) is 35.5 Å². The fourth-order valence-electron chi connectivity index (χ4n) is 7.87. The number of ether oxygens (including phenoxy) is 3. The number of alkyl halides is 9. The SMILES string of the molecule is Cc1ccc2c(c1)CCC1C2CCC2(C)C(OCCCOC(C(F)(F)F)(C(F)(F)F)C(F)(F)F)CCC12.[CH2-]CCC(C)(C)SSC([CH2-])(C)C.[CH2-]COC.[U+2].[W]. The Labute approximate surface area is 369 Å². The summed E-state index contributed by atoms with van der Waals surface area (Å²) in [4.78, 5) is 0. The molecule has 55 heavy (non-hydrogen) atoms. The predicted octanol–water partition coefficient (Wildman–Crippen LogP) is 12.9. The minimum atomic E-state index is -6.72. The molecule has 2 saturated carbocycles. The average molecular weight is 1230 g/mol. The Hall–Kier alpha value is 0.910. The summed E-state index contributed by atoms with van der Waals surface area (Å²) in [5.41, 5.74) is -2.41. The first-order valence-electron chi connectivity index (χ1n) is 18.1. The molecule has 0 spiro atoms. The largest absolute Gasteiger partial charge is 2.00 e. The van der Waals surface area contributed by atoms with Crippen LogP contribution in [0.1, 0.15) is 109 Å². The normalized spacial score (nSPS) is 24.1. The maximum absolute atomic E-state index is 13.0. The molecule has 0 amide bonds. The summed E-state index contributed by atoms with van der Waals surface area (Å²) in [6, 6.07) is 6.59. The van der Waals surface area contributed by atoms with Crippen molar-refractivity contribution < 1.29 is 106 Å². The molecular weight excluding hydrogens is 1170 g/mol. The minimum Gasteiger partial charge on any atom is -0.417 e. The van der Waals surface area contributed by atoms with E-state index in [9.17, 15) is 39.5 Å². The van der Waals surface area contributed by atoms with Gasteiger partial charge in [-0.25, -0.2) is 0 Å². The van der Waals surface area contributed by atoms with E-state index in [1.807, 2.05) is 21.6 Å². The van der Waals surface area contributed by atoms with Gasteiger partial charge in [0.2, 0.25) is 0 Å². The van der Waals surface area contributed by atoms with Crippen molar-refractivity contribution in [2.24, 2.45) is 17.3 Å². The molecule has 318 valence electrons. The monoisotopic (exact) mass is 1230 g/mol. The van der Waals surface area contributed by atoms with Crippen LogP contribution in [0.15, 0.2) is 18.2 Å². The molecule has 0 N–H and O–H groups in total. The third-order valence-corrected chi connectivity index (χ3v) is 14.5. The van der Waals surface area contributed by atoms with Gasteiger partial charge < -0.3 is 35.0 Å². The van der Waals surface area contributed by atoms with Gasteiger partial charge in [0.05, 0.1) is 12.7 Å². The molecule has 4 rings (SSSR count). The first-order valence-corrected chi connectivity index (χ1v) is 20.2. The van der Waals surface area contributed by atoms with Crippen LogP contribution in [-0.4, -0.2) is 66.7 Å². The van der Waals surface area contributed by atoms with Gasteiger partial charge in [-0.3, -0.25) is 0 Å². The van der Waals surface area contributed by atoms with Gasteiger partial charge >= 0.3 is 55.2 Å². The molecule has 1 aromatic rings. The minimum absolute atomic E-state index is 0. The Morgan fingerprint density at radius 1 is 0.855 bits per heavy atom.